The third kappa shape index (κ3) is 2.90. The van der Waals surface area contributed by atoms with Crippen LogP contribution >= 0.6 is 11.6 Å². The second-order valence-corrected chi connectivity index (χ2v) is 5.88. The Labute approximate surface area is 149 Å². The van der Waals surface area contributed by atoms with Gasteiger partial charge in [0.2, 0.25) is 0 Å². The molecule has 0 aliphatic heterocycles. The van der Waals surface area contributed by atoms with Crippen LogP contribution in [0.4, 0.5) is 11.5 Å². The van der Waals surface area contributed by atoms with Crippen molar-refractivity contribution in [3.63, 3.8) is 0 Å². The van der Waals surface area contributed by atoms with Gasteiger partial charge in [0.25, 0.3) is 0 Å². The van der Waals surface area contributed by atoms with Gasteiger partial charge < -0.3 is 10.1 Å². The van der Waals surface area contributed by atoms with E-state index in [-0.39, 0.29) is 0 Å². The fourth-order valence-electron chi connectivity index (χ4n) is 2.71. The number of halogens is 1. The zero-order valence-electron chi connectivity index (χ0n) is 13.5. The normalized spacial score (nSPS) is 10.8. The molecule has 0 aliphatic rings. The summed E-state index contributed by atoms with van der Waals surface area (Å²) in [4.78, 5) is 8.88. The molecular weight excluding hydrogens is 336 g/mol. The smallest absolute Gasteiger partial charge is 0.157 e. The van der Waals surface area contributed by atoms with Crippen molar-refractivity contribution >= 4 is 28.8 Å². The molecule has 0 spiro atoms. The molecule has 0 bridgehead atoms. The highest BCUT2D eigenvalue weighted by atomic mass is 35.5. The summed E-state index contributed by atoms with van der Waals surface area (Å²) in [6.45, 7) is 0. The van der Waals surface area contributed by atoms with E-state index >= 15 is 0 Å². The van der Waals surface area contributed by atoms with Gasteiger partial charge in [-0.25, -0.2) is 4.98 Å². The molecule has 0 aliphatic carbocycles. The summed E-state index contributed by atoms with van der Waals surface area (Å²) >= 11 is 6.02. The molecule has 0 amide bonds. The Bertz CT molecular complexity index is 1030. The monoisotopic (exact) mass is 350 g/mol. The highest BCUT2D eigenvalue weighted by Crippen LogP contribution is 2.34. The maximum absolute atomic E-state index is 6.02. The quantitative estimate of drug-likeness (QED) is 0.574. The van der Waals surface area contributed by atoms with Crippen LogP contribution in [-0.2, 0) is 0 Å². The molecule has 6 heteroatoms. The summed E-state index contributed by atoms with van der Waals surface area (Å²) in [7, 11) is 1.65. The summed E-state index contributed by atoms with van der Waals surface area (Å²) < 4.78 is 7.41. The van der Waals surface area contributed by atoms with E-state index in [1.807, 2.05) is 59.1 Å². The van der Waals surface area contributed by atoms with E-state index < -0.39 is 0 Å². The second-order valence-electron chi connectivity index (χ2n) is 5.45. The first-order valence-electron chi connectivity index (χ1n) is 7.74. The Balaban J connectivity index is 1.89. The zero-order chi connectivity index (χ0) is 17.2. The number of aromatic nitrogens is 3. The van der Waals surface area contributed by atoms with Gasteiger partial charge in [-0.15, -0.1) is 0 Å². The number of nitrogens with one attached hydrogen (secondary N) is 1. The van der Waals surface area contributed by atoms with Crippen LogP contribution in [-0.4, -0.2) is 21.5 Å². The minimum atomic E-state index is 0.688. The Morgan fingerprint density at radius 2 is 1.88 bits per heavy atom. The zero-order valence-corrected chi connectivity index (χ0v) is 14.2. The van der Waals surface area contributed by atoms with Crippen LogP contribution in [0.5, 0.6) is 5.75 Å². The fraction of sp³-hybridized carbons (Fsp3) is 0.0526. The number of rotatable bonds is 4. The SMILES string of the molecule is COc1ccccc1Nc1c(-c2ccc(Cl)cc2)nc2cnccn12. The molecule has 0 atom stereocenters. The number of para-hydroxylation sites is 2. The van der Waals surface area contributed by atoms with Gasteiger partial charge in [-0.1, -0.05) is 35.9 Å². The predicted octanol–water partition coefficient (Wildman–Crippen LogP) is 4.80. The summed E-state index contributed by atoms with van der Waals surface area (Å²) in [6, 6.07) is 15.4. The van der Waals surface area contributed by atoms with Gasteiger partial charge in [-0.2, -0.15) is 0 Å². The van der Waals surface area contributed by atoms with E-state index in [1.165, 1.54) is 0 Å². The number of imidazole rings is 1. The van der Waals surface area contributed by atoms with Crippen LogP contribution in [0.2, 0.25) is 5.02 Å². The maximum atomic E-state index is 6.02. The van der Waals surface area contributed by atoms with Gasteiger partial charge in [0, 0.05) is 23.0 Å². The molecule has 4 rings (SSSR count). The molecule has 2 heterocycles. The Morgan fingerprint density at radius 3 is 2.68 bits per heavy atom. The third-order valence-electron chi connectivity index (χ3n) is 3.91. The molecule has 0 saturated heterocycles. The first-order chi connectivity index (χ1) is 12.3. The third-order valence-corrected chi connectivity index (χ3v) is 4.16. The van der Waals surface area contributed by atoms with Gasteiger partial charge in [-0.05, 0) is 24.3 Å². The lowest BCUT2D eigenvalue weighted by molar-refractivity contribution is 0.417. The number of methoxy groups -OCH3 is 1. The molecule has 5 nitrogen and oxygen atoms in total. The van der Waals surface area contributed by atoms with E-state index in [1.54, 1.807) is 19.5 Å². The molecule has 2 aromatic carbocycles. The van der Waals surface area contributed by atoms with Crippen LogP contribution in [0.3, 0.4) is 0 Å². The van der Waals surface area contributed by atoms with Crippen LogP contribution in [0.25, 0.3) is 16.9 Å². The molecule has 0 radical (unpaired) electrons. The van der Waals surface area contributed by atoms with Crippen molar-refractivity contribution in [1.82, 2.24) is 14.4 Å². The number of ether oxygens (including phenoxy) is 1. The Kier molecular flexibility index (Phi) is 3.99. The largest absolute Gasteiger partial charge is 0.495 e. The molecule has 25 heavy (non-hydrogen) atoms. The number of hydrogen-bond donors (Lipinski definition) is 1. The van der Waals surface area contributed by atoms with Gasteiger partial charge in [0.15, 0.2) is 5.65 Å². The highest BCUT2D eigenvalue weighted by molar-refractivity contribution is 6.30. The van der Waals surface area contributed by atoms with Crippen molar-refractivity contribution in [2.45, 2.75) is 0 Å². The fourth-order valence-corrected chi connectivity index (χ4v) is 2.84. The number of anilines is 2. The van der Waals surface area contributed by atoms with E-state index in [4.69, 9.17) is 21.3 Å². The second kappa shape index (κ2) is 6.45. The van der Waals surface area contributed by atoms with Crippen molar-refractivity contribution < 1.29 is 4.74 Å². The van der Waals surface area contributed by atoms with Crippen molar-refractivity contribution in [2.75, 3.05) is 12.4 Å². The lowest BCUT2D eigenvalue weighted by Gasteiger charge is -2.12. The predicted molar refractivity (Wildman–Crippen MR) is 99.7 cm³/mol. The summed E-state index contributed by atoms with van der Waals surface area (Å²) in [6.07, 6.45) is 5.33. The van der Waals surface area contributed by atoms with E-state index in [2.05, 4.69) is 10.3 Å². The lowest BCUT2D eigenvalue weighted by atomic mass is 10.1. The van der Waals surface area contributed by atoms with Crippen molar-refractivity contribution in [3.8, 4) is 17.0 Å². The Hall–Kier alpha value is -3.05. The molecule has 1 N–H and O–H groups in total. The molecular formula is C19H15ClN4O. The number of benzene rings is 2. The highest BCUT2D eigenvalue weighted by Gasteiger charge is 2.15. The van der Waals surface area contributed by atoms with Gasteiger partial charge >= 0.3 is 0 Å². The van der Waals surface area contributed by atoms with E-state index in [9.17, 15) is 0 Å². The minimum Gasteiger partial charge on any atom is -0.495 e. The molecule has 0 fully saturated rings. The first kappa shape index (κ1) is 15.5. The van der Waals surface area contributed by atoms with Crippen molar-refractivity contribution in [3.05, 3.63) is 72.1 Å². The molecule has 0 unspecified atom stereocenters. The van der Waals surface area contributed by atoms with Crippen LogP contribution in [0.1, 0.15) is 0 Å². The number of nitrogens with zero attached hydrogens (tertiary/aromatic N) is 3. The molecule has 2 aromatic heterocycles. The minimum absolute atomic E-state index is 0.688. The summed E-state index contributed by atoms with van der Waals surface area (Å²) in [5.74, 6) is 1.60. The topological polar surface area (TPSA) is 51.5 Å². The van der Waals surface area contributed by atoms with Gasteiger partial charge in [0.05, 0.1) is 19.0 Å². The number of fused-ring (bicyclic) bond motifs is 1. The standard InChI is InChI=1S/C19H15ClN4O/c1-25-16-5-3-2-4-15(16)22-19-18(13-6-8-14(20)9-7-13)23-17-12-21-10-11-24(17)19/h2-12,22H,1H3. The van der Waals surface area contributed by atoms with Crippen molar-refractivity contribution in [1.29, 1.82) is 0 Å². The van der Waals surface area contributed by atoms with Crippen molar-refractivity contribution in [2.24, 2.45) is 0 Å². The van der Waals surface area contributed by atoms with E-state index in [0.717, 1.165) is 34.2 Å². The lowest BCUT2D eigenvalue weighted by Crippen LogP contribution is -1.99. The molecule has 0 saturated carbocycles. The summed E-state index contributed by atoms with van der Waals surface area (Å²) in [5, 5.41) is 4.13. The van der Waals surface area contributed by atoms with Gasteiger partial charge in [0.1, 0.15) is 17.3 Å². The first-order valence-corrected chi connectivity index (χ1v) is 8.12. The van der Waals surface area contributed by atoms with Crippen LogP contribution in [0, 0.1) is 0 Å². The summed E-state index contributed by atoms with van der Waals surface area (Å²) in [5.41, 5.74) is 3.39. The average Bonchev–Trinajstić information content (AvgIpc) is 3.01. The molecule has 4 aromatic rings. The Morgan fingerprint density at radius 1 is 1.08 bits per heavy atom. The van der Waals surface area contributed by atoms with E-state index in [0.29, 0.717) is 5.02 Å². The number of hydrogen-bond acceptors (Lipinski definition) is 4. The van der Waals surface area contributed by atoms with Gasteiger partial charge in [-0.3, -0.25) is 9.38 Å². The average molecular weight is 351 g/mol. The molecule has 124 valence electrons. The van der Waals surface area contributed by atoms with Crippen LogP contribution in [0.15, 0.2) is 67.1 Å². The van der Waals surface area contributed by atoms with Crippen LogP contribution < -0.4 is 10.1 Å². The maximum Gasteiger partial charge on any atom is 0.157 e.